The maximum absolute atomic E-state index is 5.65. The van der Waals surface area contributed by atoms with Gasteiger partial charge in [-0.05, 0) is 0 Å². The van der Waals surface area contributed by atoms with E-state index in [0.29, 0.717) is 0 Å². The van der Waals surface area contributed by atoms with Crippen LogP contribution in [0.3, 0.4) is 0 Å². The van der Waals surface area contributed by atoms with Crippen LogP contribution in [0.4, 0.5) is 34.4 Å². The summed E-state index contributed by atoms with van der Waals surface area (Å²) in [6.45, 7) is 0. The van der Waals surface area contributed by atoms with Gasteiger partial charge in [-0.3, -0.25) is 0 Å². The molecule has 240 valence electrons. The quantitative estimate of drug-likeness (QED) is 0.171. The van der Waals surface area contributed by atoms with E-state index >= 15 is 0 Å². The second-order valence-corrected chi connectivity index (χ2v) is 20.0. The van der Waals surface area contributed by atoms with E-state index in [2.05, 4.69) is 199 Å². The van der Waals surface area contributed by atoms with E-state index in [1.165, 1.54) is 8.79 Å². The van der Waals surface area contributed by atoms with Gasteiger partial charge in [-0.25, -0.2) is 0 Å². The summed E-state index contributed by atoms with van der Waals surface area (Å²) >= 11 is -4.16. The summed E-state index contributed by atoms with van der Waals surface area (Å²) in [5.41, 5.74) is 8.78. The Kier molecular flexibility index (Phi) is 6.03. The zero-order valence-electron chi connectivity index (χ0n) is 27.5. The molecule has 6 nitrogen and oxygen atoms in total. The van der Waals surface area contributed by atoms with Crippen LogP contribution in [0.25, 0.3) is 32.9 Å². The Labute approximate surface area is 297 Å². The van der Waals surface area contributed by atoms with Gasteiger partial charge in [0.2, 0.25) is 0 Å². The molecule has 4 heterocycles. The molecule has 0 atom stereocenters. The number of rotatable bonds is 3. The van der Waals surface area contributed by atoms with Gasteiger partial charge in [0.05, 0.1) is 0 Å². The summed E-state index contributed by atoms with van der Waals surface area (Å²) in [7, 11) is 0. The molecule has 0 fully saturated rings. The van der Waals surface area contributed by atoms with Gasteiger partial charge >= 0.3 is 299 Å². The van der Waals surface area contributed by atoms with Crippen molar-refractivity contribution in [3.05, 3.63) is 182 Å². The van der Waals surface area contributed by atoms with Crippen molar-refractivity contribution in [3.63, 3.8) is 0 Å². The van der Waals surface area contributed by atoms with Crippen LogP contribution in [0.1, 0.15) is 0 Å². The molecule has 11 rings (SSSR count). The molecule has 1 spiro atoms. The normalized spacial score (nSPS) is 14.0. The summed E-state index contributed by atoms with van der Waals surface area (Å²) in [6.07, 6.45) is 0. The van der Waals surface area contributed by atoms with E-state index < -0.39 is 13.7 Å². The monoisotopic (exact) mass is 716 g/mol. The van der Waals surface area contributed by atoms with Crippen molar-refractivity contribution >= 4 is 78.7 Å². The third-order valence-electron chi connectivity index (χ3n) is 10.4. The van der Waals surface area contributed by atoms with Gasteiger partial charge in [0.15, 0.2) is 0 Å². The minimum absolute atomic E-state index is 0.968. The summed E-state index contributed by atoms with van der Waals surface area (Å²) in [5.74, 6) is 2.15. The molecule has 0 N–H and O–H groups in total. The zero-order chi connectivity index (χ0) is 33.5. The van der Waals surface area contributed by atoms with E-state index in [1.807, 2.05) is 0 Å². The number of aromatic nitrogens is 4. The third kappa shape index (κ3) is 3.82. The van der Waals surface area contributed by atoms with E-state index in [9.17, 15) is 0 Å². The Morgan fingerprint density at radius 3 is 1.41 bits per heavy atom. The first-order valence-electron chi connectivity index (χ1n) is 17.3. The predicted molar refractivity (Wildman–Crippen MR) is 210 cm³/mol. The molecule has 0 bridgehead atoms. The van der Waals surface area contributed by atoms with Gasteiger partial charge in [0.25, 0.3) is 0 Å². The number of fused-ring (bicyclic) bond motifs is 12. The summed E-state index contributed by atoms with van der Waals surface area (Å²) in [5, 5.41) is 13.5. The van der Waals surface area contributed by atoms with Crippen LogP contribution in [0.15, 0.2) is 182 Å². The molecule has 0 unspecified atom stereocenters. The Balaban J connectivity index is 1.34. The number of hydrogen-bond acceptors (Lipinski definition) is 4. The van der Waals surface area contributed by atoms with Crippen molar-refractivity contribution in [3.8, 4) is 11.1 Å². The number of anilines is 6. The fraction of sp³-hybridized carbons (Fsp3) is 0. The fourth-order valence-electron chi connectivity index (χ4n) is 8.38. The van der Waals surface area contributed by atoms with E-state index in [0.717, 1.165) is 67.3 Å². The van der Waals surface area contributed by atoms with Crippen molar-refractivity contribution < 1.29 is 0 Å². The topological polar surface area (TPSA) is 42.1 Å². The molecule has 51 heavy (non-hydrogen) atoms. The van der Waals surface area contributed by atoms with Crippen molar-refractivity contribution in [1.29, 1.82) is 0 Å². The molecule has 2 aromatic heterocycles. The van der Waals surface area contributed by atoms with Crippen LogP contribution in [0.2, 0.25) is 0 Å². The molecule has 0 radical (unpaired) electrons. The Hall–Kier alpha value is -6.38. The second kappa shape index (κ2) is 10.8. The average Bonchev–Trinajstić information content (AvgIpc) is 3.79. The van der Waals surface area contributed by atoms with Crippen molar-refractivity contribution in [1.82, 2.24) is 17.5 Å². The molecule has 0 saturated heterocycles. The number of benzene rings is 7. The van der Waals surface area contributed by atoms with Crippen LogP contribution in [-0.4, -0.2) is 31.2 Å². The SMILES string of the molecule is c1ccc(-c2ccccc2N2c3c4ccccc4n[n]3[Ge]3([c]4ccccc4N(c4ccccc4)c4cccc[c]43)[n]3nc4ccccc4c32)cc1. The molecule has 0 amide bonds. The van der Waals surface area contributed by atoms with Crippen LogP contribution in [-0.2, 0) is 0 Å². The molecule has 7 aromatic carbocycles. The molecule has 7 heteroatoms. The first-order chi connectivity index (χ1) is 25.3. The van der Waals surface area contributed by atoms with Crippen molar-refractivity contribution in [2.75, 3.05) is 9.80 Å². The van der Waals surface area contributed by atoms with E-state index in [-0.39, 0.29) is 0 Å². The van der Waals surface area contributed by atoms with Crippen molar-refractivity contribution in [2.24, 2.45) is 0 Å². The van der Waals surface area contributed by atoms with E-state index in [1.54, 1.807) is 0 Å². The van der Waals surface area contributed by atoms with Crippen LogP contribution in [0.5, 0.6) is 0 Å². The second-order valence-electron chi connectivity index (χ2n) is 13.1. The third-order valence-corrected chi connectivity index (χ3v) is 19.2. The summed E-state index contributed by atoms with van der Waals surface area (Å²) in [6, 6.07) is 65.2. The van der Waals surface area contributed by atoms with Gasteiger partial charge in [0, 0.05) is 0 Å². The molecular weight excluding hydrogens is 685 g/mol. The number of para-hydroxylation sites is 4. The van der Waals surface area contributed by atoms with Crippen LogP contribution >= 0.6 is 0 Å². The first-order valence-corrected chi connectivity index (χ1v) is 21.3. The van der Waals surface area contributed by atoms with Crippen molar-refractivity contribution in [2.45, 2.75) is 0 Å². The van der Waals surface area contributed by atoms with Crippen LogP contribution in [0, 0.1) is 0 Å². The van der Waals surface area contributed by atoms with Gasteiger partial charge in [-0.15, -0.1) is 0 Å². The first kappa shape index (κ1) is 28.5. The van der Waals surface area contributed by atoms with Crippen LogP contribution < -0.4 is 18.6 Å². The standard InChI is InChI=1S/C44H30GeN6/c1-3-17-31(18-4-1)33-21-9-14-28-40(33)49-43-34-22-7-12-26-38(34)46-50(43)45(51-44(49)35-23-8-13-27-39(35)47-51)36-24-10-15-29-41(36)48(32-19-5-2-6-20-32)42-30-16-11-25-37(42)45/h1-30H. The Morgan fingerprint density at radius 1 is 0.373 bits per heavy atom. The van der Waals surface area contributed by atoms with Gasteiger partial charge < -0.3 is 0 Å². The number of hydrogen-bond donors (Lipinski definition) is 0. The minimum atomic E-state index is -4.16. The van der Waals surface area contributed by atoms with Gasteiger partial charge in [-0.2, -0.15) is 0 Å². The summed E-state index contributed by atoms with van der Waals surface area (Å²) in [4.78, 5) is 4.86. The summed E-state index contributed by atoms with van der Waals surface area (Å²) < 4.78 is 7.43. The zero-order valence-corrected chi connectivity index (χ0v) is 29.6. The van der Waals surface area contributed by atoms with Gasteiger partial charge in [0.1, 0.15) is 0 Å². The molecular formula is C44H30GeN6. The average molecular weight is 715 g/mol. The molecule has 0 saturated carbocycles. The van der Waals surface area contributed by atoms with E-state index in [4.69, 9.17) is 10.2 Å². The Morgan fingerprint density at radius 2 is 0.824 bits per heavy atom. The Bertz CT molecular complexity index is 2660. The predicted octanol–water partition coefficient (Wildman–Crippen LogP) is 9.27. The van der Waals surface area contributed by atoms with Gasteiger partial charge in [-0.1, -0.05) is 0 Å². The fourth-order valence-corrected chi connectivity index (χ4v) is 18.2. The number of nitrogens with zero attached hydrogens (tertiary/aromatic N) is 6. The molecule has 0 aliphatic carbocycles. The molecule has 9 aromatic rings. The molecule has 2 aliphatic heterocycles. The maximum atomic E-state index is 5.65. The molecule has 2 aliphatic rings.